The predicted octanol–water partition coefficient (Wildman–Crippen LogP) is 3.47. The molecule has 2 N–H and O–H groups in total. The smallest absolute Gasteiger partial charge is 0.115 e. The molecule has 0 aliphatic carbocycles. The first-order chi connectivity index (χ1) is 8.51. The number of aliphatic hydroxyl groups is 1. The number of phenols is 1. The Bertz CT molecular complexity index is 512. The van der Waals surface area contributed by atoms with Gasteiger partial charge in [0.05, 0.1) is 5.60 Å². The Morgan fingerprint density at radius 1 is 1.06 bits per heavy atom. The van der Waals surface area contributed by atoms with E-state index in [1.165, 1.54) is 9.75 Å². The molecule has 2 nitrogen and oxygen atoms in total. The summed E-state index contributed by atoms with van der Waals surface area (Å²) in [6, 6.07) is 10.9. The van der Waals surface area contributed by atoms with Crippen LogP contribution in [-0.4, -0.2) is 10.2 Å². The molecule has 2 rings (SSSR count). The van der Waals surface area contributed by atoms with E-state index in [1.807, 2.05) is 6.92 Å². The van der Waals surface area contributed by atoms with Gasteiger partial charge in [0, 0.05) is 16.2 Å². The Morgan fingerprint density at radius 3 is 2.22 bits per heavy atom. The maximum Gasteiger partial charge on any atom is 0.115 e. The SMILES string of the molecule is CCc1ccc(CC(C)(O)c2ccc(O)cc2)s1. The van der Waals surface area contributed by atoms with E-state index in [0.29, 0.717) is 6.42 Å². The Kier molecular flexibility index (Phi) is 3.73. The van der Waals surface area contributed by atoms with Crippen LogP contribution in [0.1, 0.15) is 29.2 Å². The number of aryl methyl sites for hydroxylation is 1. The lowest BCUT2D eigenvalue weighted by Gasteiger charge is -2.23. The minimum atomic E-state index is -0.899. The average molecular weight is 262 g/mol. The highest BCUT2D eigenvalue weighted by Gasteiger charge is 2.24. The van der Waals surface area contributed by atoms with Gasteiger partial charge in [-0.05, 0) is 43.2 Å². The molecule has 1 aromatic heterocycles. The van der Waals surface area contributed by atoms with Crippen LogP contribution in [-0.2, 0) is 18.4 Å². The van der Waals surface area contributed by atoms with E-state index >= 15 is 0 Å². The largest absolute Gasteiger partial charge is 0.508 e. The molecular formula is C15H18O2S. The number of hydrogen-bond donors (Lipinski definition) is 2. The zero-order valence-electron chi connectivity index (χ0n) is 10.7. The van der Waals surface area contributed by atoms with E-state index < -0.39 is 5.60 Å². The van der Waals surface area contributed by atoms with Gasteiger partial charge in [-0.1, -0.05) is 19.1 Å². The minimum Gasteiger partial charge on any atom is -0.508 e. The topological polar surface area (TPSA) is 40.5 Å². The van der Waals surface area contributed by atoms with Gasteiger partial charge in [-0.3, -0.25) is 0 Å². The number of hydrogen-bond acceptors (Lipinski definition) is 3. The molecule has 3 heteroatoms. The molecule has 0 fully saturated rings. The van der Waals surface area contributed by atoms with Crippen molar-refractivity contribution in [3.05, 3.63) is 51.7 Å². The lowest BCUT2D eigenvalue weighted by molar-refractivity contribution is 0.0584. The van der Waals surface area contributed by atoms with Crippen molar-refractivity contribution in [2.75, 3.05) is 0 Å². The van der Waals surface area contributed by atoms with Crippen LogP contribution in [0.15, 0.2) is 36.4 Å². The van der Waals surface area contributed by atoms with Gasteiger partial charge in [0.2, 0.25) is 0 Å². The fourth-order valence-corrected chi connectivity index (χ4v) is 3.08. The van der Waals surface area contributed by atoms with Gasteiger partial charge in [0.15, 0.2) is 0 Å². The summed E-state index contributed by atoms with van der Waals surface area (Å²) in [5.74, 6) is 0.221. The summed E-state index contributed by atoms with van der Waals surface area (Å²) in [5.41, 5.74) is -0.0735. The van der Waals surface area contributed by atoms with Crippen molar-refractivity contribution in [1.29, 1.82) is 0 Å². The molecule has 0 radical (unpaired) electrons. The summed E-state index contributed by atoms with van der Waals surface area (Å²) in [6.07, 6.45) is 1.63. The van der Waals surface area contributed by atoms with Crippen molar-refractivity contribution in [3.8, 4) is 5.75 Å². The standard InChI is InChI=1S/C15H18O2S/c1-3-13-8-9-14(18-13)10-15(2,17)11-4-6-12(16)7-5-11/h4-9,16-17H,3,10H2,1-2H3. The predicted molar refractivity (Wildman–Crippen MR) is 75.1 cm³/mol. The summed E-state index contributed by atoms with van der Waals surface area (Å²) in [6.45, 7) is 3.94. The molecule has 0 aliphatic rings. The molecule has 0 amide bonds. The van der Waals surface area contributed by atoms with Crippen LogP contribution < -0.4 is 0 Å². The van der Waals surface area contributed by atoms with Gasteiger partial charge >= 0.3 is 0 Å². The van der Waals surface area contributed by atoms with Crippen LogP contribution in [0, 0.1) is 0 Å². The lowest BCUT2D eigenvalue weighted by Crippen LogP contribution is -2.23. The Labute approximate surface area is 112 Å². The van der Waals surface area contributed by atoms with Crippen LogP contribution in [0.2, 0.25) is 0 Å². The monoisotopic (exact) mass is 262 g/mol. The van der Waals surface area contributed by atoms with Crippen LogP contribution in [0.3, 0.4) is 0 Å². The number of phenolic OH excluding ortho intramolecular Hbond substituents is 1. The molecule has 18 heavy (non-hydrogen) atoms. The molecular weight excluding hydrogens is 244 g/mol. The normalized spacial score (nSPS) is 14.4. The number of rotatable bonds is 4. The molecule has 1 unspecified atom stereocenters. The zero-order chi connectivity index (χ0) is 13.2. The van der Waals surface area contributed by atoms with Crippen LogP contribution >= 0.6 is 11.3 Å². The highest BCUT2D eigenvalue weighted by Crippen LogP contribution is 2.29. The van der Waals surface area contributed by atoms with Crippen molar-refractivity contribution in [2.24, 2.45) is 0 Å². The fraction of sp³-hybridized carbons (Fsp3) is 0.333. The summed E-state index contributed by atoms with van der Waals surface area (Å²) in [5, 5.41) is 19.8. The summed E-state index contributed by atoms with van der Waals surface area (Å²) < 4.78 is 0. The molecule has 1 aromatic carbocycles. The van der Waals surface area contributed by atoms with E-state index in [2.05, 4.69) is 19.1 Å². The molecule has 0 saturated carbocycles. The fourth-order valence-electron chi connectivity index (χ4n) is 1.97. The quantitative estimate of drug-likeness (QED) is 0.885. The molecule has 0 bridgehead atoms. The van der Waals surface area contributed by atoms with E-state index in [1.54, 1.807) is 35.6 Å². The summed E-state index contributed by atoms with van der Waals surface area (Å²) >= 11 is 1.75. The third kappa shape index (κ3) is 2.92. The van der Waals surface area contributed by atoms with E-state index in [-0.39, 0.29) is 5.75 Å². The highest BCUT2D eigenvalue weighted by molar-refractivity contribution is 7.12. The van der Waals surface area contributed by atoms with Crippen molar-refractivity contribution in [1.82, 2.24) is 0 Å². The van der Waals surface area contributed by atoms with Gasteiger partial charge in [-0.2, -0.15) is 0 Å². The zero-order valence-corrected chi connectivity index (χ0v) is 11.5. The average Bonchev–Trinajstić information content (AvgIpc) is 2.76. The third-order valence-corrected chi connectivity index (χ3v) is 4.30. The van der Waals surface area contributed by atoms with Crippen molar-refractivity contribution in [2.45, 2.75) is 32.3 Å². The first-order valence-corrected chi connectivity index (χ1v) is 6.92. The second-order valence-corrected chi connectivity index (χ2v) is 5.97. The van der Waals surface area contributed by atoms with Crippen LogP contribution in [0.4, 0.5) is 0 Å². The van der Waals surface area contributed by atoms with Gasteiger partial charge in [-0.25, -0.2) is 0 Å². The van der Waals surface area contributed by atoms with Gasteiger partial charge in [-0.15, -0.1) is 11.3 Å². The van der Waals surface area contributed by atoms with Gasteiger partial charge < -0.3 is 10.2 Å². The molecule has 96 valence electrons. The lowest BCUT2D eigenvalue weighted by atomic mass is 9.92. The number of thiophene rings is 1. The maximum atomic E-state index is 10.5. The molecule has 0 saturated heterocycles. The second kappa shape index (κ2) is 5.12. The molecule has 0 aliphatic heterocycles. The first-order valence-electron chi connectivity index (χ1n) is 6.11. The molecule has 2 aromatic rings. The third-order valence-electron chi connectivity index (χ3n) is 3.07. The second-order valence-electron chi connectivity index (χ2n) is 4.72. The number of aromatic hydroxyl groups is 1. The van der Waals surface area contributed by atoms with Crippen molar-refractivity contribution in [3.63, 3.8) is 0 Å². The molecule has 1 heterocycles. The summed E-state index contributed by atoms with van der Waals surface area (Å²) in [7, 11) is 0. The molecule has 0 spiro atoms. The Hall–Kier alpha value is -1.32. The minimum absolute atomic E-state index is 0.221. The maximum absolute atomic E-state index is 10.5. The first kappa shape index (κ1) is 13.1. The highest BCUT2D eigenvalue weighted by atomic mass is 32.1. The van der Waals surface area contributed by atoms with Gasteiger partial charge in [0.25, 0.3) is 0 Å². The van der Waals surface area contributed by atoms with E-state index in [9.17, 15) is 10.2 Å². The van der Waals surface area contributed by atoms with Crippen LogP contribution in [0.25, 0.3) is 0 Å². The molecule has 1 atom stereocenters. The van der Waals surface area contributed by atoms with Crippen LogP contribution in [0.5, 0.6) is 5.75 Å². The van der Waals surface area contributed by atoms with Crippen molar-refractivity contribution < 1.29 is 10.2 Å². The van der Waals surface area contributed by atoms with E-state index in [4.69, 9.17) is 0 Å². The number of benzene rings is 1. The Balaban J connectivity index is 2.18. The van der Waals surface area contributed by atoms with E-state index in [0.717, 1.165) is 12.0 Å². The van der Waals surface area contributed by atoms with Gasteiger partial charge in [0.1, 0.15) is 5.75 Å². The van der Waals surface area contributed by atoms with Crippen molar-refractivity contribution >= 4 is 11.3 Å². The summed E-state index contributed by atoms with van der Waals surface area (Å²) in [4.78, 5) is 2.52. The Morgan fingerprint density at radius 2 is 1.67 bits per heavy atom.